The van der Waals surface area contributed by atoms with E-state index in [1.807, 2.05) is 6.92 Å². The zero-order valence-corrected chi connectivity index (χ0v) is 9.28. The Bertz CT molecular complexity index is 410. The van der Waals surface area contributed by atoms with Gasteiger partial charge in [0.1, 0.15) is 6.04 Å². The molecule has 2 heterocycles. The number of aryl methyl sites for hydroxylation is 1. The Hall–Kier alpha value is -1.50. The number of hydrogen-bond donors (Lipinski definition) is 1. The number of aromatic nitrogens is 2. The Balaban J connectivity index is 2.04. The van der Waals surface area contributed by atoms with Crippen LogP contribution in [0.5, 0.6) is 0 Å². The van der Waals surface area contributed by atoms with Crippen LogP contribution in [-0.4, -0.2) is 27.0 Å². The highest BCUT2D eigenvalue weighted by atomic mass is 19.4. The van der Waals surface area contributed by atoms with Crippen molar-refractivity contribution in [2.45, 2.75) is 32.2 Å². The van der Waals surface area contributed by atoms with Crippen LogP contribution >= 0.6 is 0 Å². The van der Waals surface area contributed by atoms with Gasteiger partial charge in [0.05, 0.1) is 6.20 Å². The molecule has 1 unspecified atom stereocenters. The van der Waals surface area contributed by atoms with Gasteiger partial charge in [0.2, 0.25) is 0 Å². The lowest BCUT2D eigenvalue weighted by Crippen LogP contribution is -2.45. The van der Waals surface area contributed by atoms with E-state index in [0.29, 0.717) is 6.54 Å². The monoisotopic (exact) mass is 246 g/mol. The normalized spacial score (nSPS) is 20.8. The summed E-state index contributed by atoms with van der Waals surface area (Å²) < 4.78 is 39.6. The molecule has 0 aromatic carbocycles. The van der Waals surface area contributed by atoms with Crippen molar-refractivity contribution in [3.63, 3.8) is 0 Å². The summed E-state index contributed by atoms with van der Waals surface area (Å²) in [5.74, 6) is 0. The van der Waals surface area contributed by atoms with Crippen molar-refractivity contribution < 1.29 is 13.2 Å². The minimum absolute atomic E-state index is 0.164. The van der Waals surface area contributed by atoms with Crippen molar-refractivity contribution in [1.82, 2.24) is 20.2 Å². The molecule has 1 atom stereocenters. The van der Waals surface area contributed by atoms with Gasteiger partial charge in [0.25, 0.3) is 0 Å². The summed E-state index contributed by atoms with van der Waals surface area (Å²) in [5, 5.41) is 5.16. The molecule has 94 valence electrons. The summed E-state index contributed by atoms with van der Waals surface area (Å²) in [4.78, 5) is 0. The molecule has 1 aliphatic heterocycles. The van der Waals surface area contributed by atoms with E-state index < -0.39 is 12.2 Å². The highest BCUT2D eigenvalue weighted by molar-refractivity contribution is 5.09. The minimum atomic E-state index is -4.26. The molecule has 0 saturated carbocycles. The highest BCUT2D eigenvalue weighted by Gasteiger charge is 2.43. The van der Waals surface area contributed by atoms with E-state index in [4.69, 9.17) is 0 Å². The van der Waals surface area contributed by atoms with Crippen molar-refractivity contribution in [3.8, 4) is 0 Å². The fourth-order valence-corrected chi connectivity index (χ4v) is 1.70. The van der Waals surface area contributed by atoms with Crippen molar-refractivity contribution in [1.29, 1.82) is 0 Å². The van der Waals surface area contributed by atoms with Gasteiger partial charge in [-0.3, -0.25) is 4.68 Å². The van der Waals surface area contributed by atoms with Gasteiger partial charge in [-0.1, -0.05) is 0 Å². The molecule has 0 radical (unpaired) electrons. The summed E-state index contributed by atoms with van der Waals surface area (Å²) in [5.41, 5.74) is 3.33. The first kappa shape index (κ1) is 12.0. The van der Waals surface area contributed by atoms with E-state index in [1.165, 1.54) is 6.20 Å². The second-order valence-corrected chi connectivity index (χ2v) is 3.81. The molecule has 4 nitrogen and oxygen atoms in total. The second kappa shape index (κ2) is 4.40. The van der Waals surface area contributed by atoms with Crippen molar-refractivity contribution in [3.05, 3.63) is 30.2 Å². The Kier molecular flexibility index (Phi) is 3.10. The lowest BCUT2D eigenvalue weighted by atomic mass is 10.2. The van der Waals surface area contributed by atoms with Crippen LogP contribution in [0.4, 0.5) is 13.2 Å². The zero-order valence-electron chi connectivity index (χ0n) is 9.28. The predicted octanol–water partition coefficient (Wildman–Crippen LogP) is 1.67. The fourth-order valence-electron chi connectivity index (χ4n) is 1.70. The molecule has 0 saturated heterocycles. The third kappa shape index (κ3) is 2.60. The van der Waals surface area contributed by atoms with Crippen molar-refractivity contribution in [2.24, 2.45) is 0 Å². The zero-order chi connectivity index (χ0) is 12.5. The van der Waals surface area contributed by atoms with Gasteiger partial charge in [0.15, 0.2) is 0 Å². The predicted molar refractivity (Wildman–Crippen MR) is 55.6 cm³/mol. The topological polar surface area (TPSA) is 33.1 Å². The van der Waals surface area contributed by atoms with Gasteiger partial charge in [0, 0.05) is 31.0 Å². The van der Waals surface area contributed by atoms with Crippen LogP contribution in [0.2, 0.25) is 0 Å². The highest BCUT2D eigenvalue weighted by Crippen LogP contribution is 2.28. The van der Waals surface area contributed by atoms with Crippen LogP contribution in [0.15, 0.2) is 24.7 Å². The molecule has 1 N–H and O–H groups in total. The first-order chi connectivity index (χ1) is 8.00. The molecule has 7 heteroatoms. The van der Waals surface area contributed by atoms with Gasteiger partial charge in [-0.15, -0.1) is 0 Å². The van der Waals surface area contributed by atoms with Gasteiger partial charge in [-0.25, -0.2) is 5.01 Å². The Labute approximate surface area is 96.7 Å². The van der Waals surface area contributed by atoms with Gasteiger partial charge in [-0.2, -0.15) is 18.3 Å². The third-order valence-electron chi connectivity index (χ3n) is 2.55. The van der Waals surface area contributed by atoms with Crippen LogP contribution in [-0.2, 0) is 13.1 Å². The SMILES string of the molecule is CCn1cc(CN2NC=CC2C(F)(F)F)cn1. The molecule has 0 fully saturated rings. The van der Waals surface area contributed by atoms with Crippen molar-refractivity contribution >= 4 is 0 Å². The van der Waals surface area contributed by atoms with Crippen LogP contribution in [0.1, 0.15) is 12.5 Å². The van der Waals surface area contributed by atoms with Gasteiger partial charge >= 0.3 is 6.18 Å². The number of hydrogen-bond acceptors (Lipinski definition) is 3. The molecule has 0 bridgehead atoms. The third-order valence-corrected chi connectivity index (χ3v) is 2.55. The summed E-state index contributed by atoms with van der Waals surface area (Å²) in [6.07, 6.45) is 1.47. The summed E-state index contributed by atoms with van der Waals surface area (Å²) in [7, 11) is 0. The Morgan fingerprint density at radius 1 is 1.47 bits per heavy atom. The van der Waals surface area contributed by atoms with Crippen LogP contribution in [0.25, 0.3) is 0 Å². The van der Waals surface area contributed by atoms with E-state index in [1.54, 1.807) is 17.1 Å². The van der Waals surface area contributed by atoms with E-state index >= 15 is 0 Å². The largest absolute Gasteiger partial charge is 0.409 e. The Morgan fingerprint density at radius 2 is 2.24 bits per heavy atom. The Morgan fingerprint density at radius 3 is 2.82 bits per heavy atom. The molecule has 1 aromatic rings. The summed E-state index contributed by atoms with van der Waals surface area (Å²) in [6, 6.07) is -1.58. The first-order valence-electron chi connectivity index (χ1n) is 5.28. The summed E-state index contributed by atoms with van der Waals surface area (Å²) >= 11 is 0. The van der Waals surface area contributed by atoms with E-state index in [0.717, 1.165) is 16.6 Å². The lowest BCUT2D eigenvalue weighted by Gasteiger charge is -2.25. The van der Waals surface area contributed by atoms with Crippen LogP contribution in [0, 0.1) is 0 Å². The standard InChI is InChI=1S/C10H13F3N4/c1-2-16-6-8(5-15-16)7-17-9(3-4-14-17)10(11,12)13/h3-6,9,14H,2,7H2,1H3. The summed E-state index contributed by atoms with van der Waals surface area (Å²) in [6.45, 7) is 2.79. The lowest BCUT2D eigenvalue weighted by molar-refractivity contribution is -0.173. The maximum absolute atomic E-state index is 12.6. The molecule has 2 rings (SSSR count). The van der Waals surface area contributed by atoms with Gasteiger partial charge in [-0.05, 0) is 13.0 Å². The van der Waals surface area contributed by atoms with E-state index in [-0.39, 0.29) is 6.54 Å². The number of rotatable bonds is 3. The number of nitrogens with one attached hydrogen (secondary N) is 1. The second-order valence-electron chi connectivity index (χ2n) is 3.81. The number of hydrazine groups is 1. The molecule has 0 amide bonds. The number of halogens is 3. The molecular weight excluding hydrogens is 233 g/mol. The number of alkyl halides is 3. The minimum Gasteiger partial charge on any atom is -0.325 e. The van der Waals surface area contributed by atoms with Crippen molar-refractivity contribution in [2.75, 3.05) is 0 Å². The molecular formula is C10H13F3N4. The molecule has 1 aliphatic rings. The average Bonchev–Trinajstić information content (AvgIpc) is 2.85. The van der Waals surface area contributed by atoms with E-state index in [9.17, 15) is 13.2 Å². The maximum Gasteiger partial charge on any atom is 0.409 e. The van der Waals surface area contributed by atoms with Crippen LogP contribution in [0.3, 0.4) is 0 Å². The smallest absolute Gasteiger partial charge is 0.325 e. The number of nitrogens with zero attached hydrogens (tertiary/aromatic N) is 3. The first-order valence-corrected chi connectivity index (χ1v) is 5.28. The molecule has 17 heavy (non-hydrogen) atoms. The maximum atomic E-state index is 12.6. The molecule has 1 aromatic heterocycles. The van der Waals surface area contributed by atoms with Crippen LogP contribution < -0.4 is 5.43 Å². The van der Waals surface area contributed by atoms with E-state index in [2.05, 4.69) is 10.5 Å². The molecule has 0 spiro atoms. The fraction of sp³-hybridized carbons (Fsp3) is 0.500. The quantitative estimate of drug-likeness (QED) is 0.880. The molecule has 0 aliphatic carbocycles. The average molecular weight is 246 g/mol. The van der Waals surface area contributed by atoms with Gasteiger partial charge < -0.3 is 5.43 Å².